The molecule has 1 aromatic heterocycles. The maximum Gasteiger partial charge on any atom is 0.224 e. The van der Waals surface area contributed by atoms with Gasteiger partial charge < -0.3 is 5.73 Å². The van der Waals surface area contributed by atoms with E-state index in [1.165, 1.54) is 0 Å². The molecule has 1 amide bonds. The predicted molar refractivity (Wildman–Crippen MR) is 65.2 cm³/mol. The molecule has 1 heterocycles. The second-order valence-corrected chi connectivity index (χ2v) is 3.43. The normalized spacial score (nSPS) is 16.8. The van der Waals surface area contributed by atoms with Crippen LogP contribution in [0.15, 0.2) is 48.7 Å². The Morgan fingerprint density at radius 2 is 2.24 bits per heavy atom. The molecule has 0 radical (unpaired) electrons. The predicted octanol–water partition coefficient (Wildman–Crippen LogP) is 1.50. The van der Waals surface area contributed by atoms with E-state index in [0.717, 1.165) is 12.7 Å². The second kappa shape index (κ2) is 7.11. The first-order valence-corrected chi connectivity index (χ1v) is 5.23. The first kappa shape index (κ1) is 12.8. The Hall–Kier alpha value is -2.23. The molecule has 88 valence electrons. The average molecular weight is 230 g/mol. The fraction of sp³-hybridized carbons (Fsp3) is 0.154. The van der Waals surface area contributed by atoms with Crippen molar-refractivity contribution in [2.75, 3.05) is 0 Å². The largest absolute Gasteiger partial charge is 0.369 e. The maximum atomic E-state index is 10.5. The van der Waals surface area contributed by atoms with Crippen LogP contribution in [0.25, 0.3) is 0 Å². The van der Waals surface area contributed by atoms with Crippen LogP contribution >= 0.6 is 0 Å². The van der Waals surface area contributed by atoms with Crippen molar-refractivity contribution in [1.29, 1.82) is 0 Å². The number of primary amides is 1. The lowest BCUT2D eigenvalue weighted by Crippen LogP contribution is -2.21. The van der Waals surface area contributed by atoms with Gasteiger partial charge in [-0.2, -0.15) is 0 Å². The molecule has 1 unspecified atom stereocenters. The van der Waals surface area contributed by atoms with Crippen molar-refractivity contribution in [3.8, 4) is 0 Å². The first-order chi connectivity index (χ1) is 8.24. The van der Waals surface area contributed by atoms with Crippen LogP contribution < -0.4 is 5.73 Å². The lowest BCUT2D eigenvalue weighted by atomic mass is 10.0. The maximum absolute atomic E-state index is 10.5. The average Bonchev–Trinajstić information content (AvgIpc) is 2.41. The van der Waals surface area contributed by atoms with Crippen LogP contribution in [0.3, 0.4) is 0 Å². The van der Waals surface area contributed by atoms with Gasteiger partial charge in [0.05, 0.1) is 5.92 Å². The molecule has 0 fully saturated rings. The Labute approximate surface area is 99.9 Å². The molecule has 0 saturated carbocycles. The van der Waals surface area contributed by atoms with Gasteiger partial charge in [0.25, 0.3) is 0 Å². The molecular formula is C13H14N2O2. The van der Waals surface area contributed by atoms with E-state index in [-0.39, 0.29) is 11.8 Å². The molecule has 1 aromatic rings. The summed E-state index contributed by atoms with van der Waals surface area (Å²) in [6, 6.07) is 5.21. The monoisotopic (exact) mass is 230 g/mol. The Morgan fingerprint density at radius 1 is 1.41 bits per heavy atom. The number of nitrogens with two attached hydrogens (primary N) is 1. The summed E-state index contributed by atoms with van der Waals surface area (Å²) >= 11 is 0. The number of amides is 1. The summed E-state index contributed by atoms with van der Waals surface area (Å²) in [6.07, 6.45) is 10.6. The lowest BCUT2D eigenvalue weighted by molar-refractivity contribution is -0.120. The van der Waals surface area contributed by atoms with Crippen LogP contribution in [0.1, 0.15) is 16.9 Å². The number of pyridine rings is 1. The number of rotatable bonds is 2. The van der Waals surface area contributed by atoms with Crippen LogP contribution in [-0.2, 0) is 4.79 Å². The third kappa shape index (κ3) is 4.88. The minimum atomic E-state index is -0.240. The summed E-state index contributed by atoms with van der Waals surface area (Å²) in [7, 11) is 0. The number of aromatic nitrogens is 1. The minimum absolute atomic E-state index is 0.0741. The molecule has 0 bridgehead atoms. The number of nitrogens with zero attached hydrogens (tertiary/aromatic N) is 1. The van der Waals surface area contributed by atoms with E-state index in [2.05, 4.69) is 4.98 Å². The summed E-state index contributed by atoms with van der Waals surface area (Å²) in [5.41, 5.74) is 5.52. The quantitative estimate of drug-likeness (QED) is 0.782. The topological polar surface area (TPSA) is 73.1 Å². The molecule has 0 aromatic carbocycles. The van der Waals surface area contributed by atoms with Gasteiger partial charge in [0.15, 0.2) is 6.29 Å². The first-order valence-electron chi connectivity index (χ1n) is 5.23. The zero-order valence-electron chi connectivity index (χ0n) is 9.32. The molecule has 17 heavy (non-hydrogen) atoms. The summed E-state index contributed by atoms with van der Waals surface area (Å²) in [5, 5.41) is 0. The molecule has 4 heteroatoms. The number of aldehydes is 1. The van der Waals surface area contributed by atoms with E-state index < -0.39 is 0 Å². The van der Waals surface area contributed by atoms with Gasteiger partial charge in [0, 0.05) is 6.20 Å². The van der Waals surface area contributed by atoms with E-state index >= 15 is 0 Å². The zero-order valence-corrected chi connectivity index (χ0v) is 9.32. The van der Waals surface area contributed by atoms with Crippen LogP contribution in [0.4, 0.5) is 0 Å². The SMILES string of the molecule is NC(=O)C1C=CC=CC1.O=Cc1ccccn1. The van der Waals surface area contributed by atoms with Gasteiger partial charge >= 0.3 is 0 Å². The van der Waals surface area contributed by atoms with Gasteiger partial charge in [-0.25, -0.2) is 0 Å². The third-order valence-corrected chi connectivity index (χ3v) is 2.15. The molecule has 1 atom stereocenters. The number of carbonyl (C=O) groups excluding carboxylic acids is 2. The number of allylic oxidation sites excluding steroid dienone is 3. The summed E-state index contributed by atoms with van der Waals surface area (Å²) in [5.74, 6) is -0.314. The Morgan fingerprint density at radius 3 is 2.59 bits per heavy atom. The number of hydrogen-bond acceptors (Lipinski definition) is 3. The van der Waals surface area contributed by atoms with Crippen LogP contribution in [0.5, 0.6) is 0 Å². The highest BCUT2D eigenvalue weighted by atomic mass is 16.1. The minimum Gasteiger partial charge on any atom is -0.369 e. The summed E-state index contributed by atoms with van der Waals surface area (Å²) in [6.45, 7) is 0. The lowest BCUT2D eigenvalue weighted by Gasteiger charge is -2.06. The van der Waals surface area contributed by atoms with E-state index in [9.17, 15) is 9.59 Å². The highest BCUT2D eigenvalue weighted by Gasteiger charge is 2.09. The standard InChI is InChI=1S/C7H9NO.C6H5NO/c8-7(9)6-4-2-1-3-5-6;8-5-6-3-1-2-4-7-6/h1-4,6H,5H2,(H2,8,9);1-5H. The van der Waals surface area contributed by atoms with Crippen molar-refractivity contribution < 1.29 is 9.59 Å². The molecule has 0 saturated heterocycles. The van der Waals surface area contributed by atoms with Crippen molar-refractivity contribution in [2.24, 2.45) is 11.7 Å². The number of carbonyl (C=O) groups is 2. The van der Waals surface area contributed by atoms with Crippen molar-refractivity contribution in [2.45, 2.75) is 6.42 Å². The molecule has 2 N–H and O–H groups in total. The summed E-state index contributed by atoms with van der Waals surface area (Å²) in [4.78, 5) is 24.2. The zero-order chi connectivity index (χ0) is 12.5. The molecule has 4 nitrogen and oxygen atoms in total. The van der Waals surface area contributed by atoms with Crippen molar-refractivity contribution in [1.82, 2.24) is 4.98 Å². The molecular weight excluding hydrogens is 216 g/mol. The van der Waals surface area contributed by atoms with E-state index in [4.69, 9.17) is 5.73 Å². The van der Waals surface area contributed by atoms with Crippen LogP contribution in [-0.4, -0.2) is 17.2 Å². The van der Waals surface area contributed by atoms with Gasteiger partial charge in [0.2, 0.25) is 5.91 Å². The van der Waals surface area contributed by atoms with Gasteiger partial charge in [-0.15, -0.1) is 0 Å². The Balaban J connectivity index is 0.000000171. The van der Waals surface area contributed by atoms with Crippen molar-refractivity contribution in [3.63, 3.8) is 0 Å². The highest BCUT2D eigenvalue weighted by molar-refractivity contribution is 5.79. The molecule has 1 aliphatic carbocycles. The fourth-order valence-electron chi connectivity index (χ4n) is 1.24. The number of hydrogen-bond donors (Lipinski definition) is 1. The van der Waals surface area contributed by atoms with Crippen molar-refractivity contribution in [3.05, 3.63) is 54.4 Å². The Bertz CT molecular complexity index is 424. The van der Waals surface area contributed by atoms with Gasteiger partial charge in [-0.1, -0.05) is 30.4 Å². The highest BCUT2D eigenvalue weighted by Crippen LogP contribution is 2.09. The van der Waals surface area contributed by atoms with Crippen LogP contribution in [0.2, 0.25) is 0 Å². The molecule has 0 spiro atoms. The van der Waals surface area contributed by atoms with E-state index in [1.807, 2.05) is 24.3 Å². The summed E-state index contributed by atoms with van der Waals surface area (Å²) < 4.78 is 0. The fourth-order valence-corrected chi connectivity index (χ4v) is 1.24. The van der Waals surface area contributed by atoms with Gasteiger partial charge in [0.1, 0.15) is 5.69 Å². The van der Waals surface area contributed by atoms with Crippen molar-refractivity contribution >= 4 is 12.2 Å². The van der Waals surface area contributed by atoms with Crippen LogP contribution in [0, 0.1) is 5.92 Å². The third-order valence-electron chi connectivity index (χ3n) is 2.15. The Kier molecular flexibility index (Phi) is 5.37. The van der Waals surface area contributed by atoms with E-state index in [0.29, 0.717) is 5.69 Å². The molecule has 0 aliphatic heterocycles. The van der Waals surface area contributed by atoms with Gasteiger partial charge in [-0.3, -0.25) is 14.6 Å². The molecule has 2 rings (SSSR count). The second-order valence-electron chi connectivity index (χ2n) is 3.43. The van der Waals surface area contributed by atoms with Gasteiger partial charge in [-0.05, 0) is 18.6 Å². The molecule has 1 aliphatic rings. The van der Waals surface area contributed by atoms with E-state index in [1.54, 1.807) is 24.4 Å². The smallest absolute Gasteiger partial charge is 0.224 e.